The number of likely N-dealkylation sites (tertiary alicyclic amines) is 1. The Bertz CT molecular complexity index is 707. The molecule has 1 saturated heterocycles. The van der Waals surface area contributed by atoms with Crippen LogP contribution in [0.25, 0.3) is 0 Å². The predicted molar refractivity (Wildman–Crippen MR) is 137 cm³/mol. The second-order valence-corrected chi connectivity index (χ2v) is 8.64. The highest BCUT2D eigenvalue weighted by Gasteiger charge is 2.35. The number of ether oxygens (including phenoxy) is 3. The molecule has 0 aromatic heterocycles. The maximum Gasteiger partial charge on any atom is 0.193 e. The summed E-state index contributed by atoms with van der Waals surface area (Å²) in [6.45, 7) is 6.71. The first-order valence-corrected chi connectivity index (χ1v) is 11.4. The molecule has 1 aromatic carbocycles. The molecule has 2 fully saturated rings. The van der Waals surface area contributed by atoms with Crippen LogP contribution in [0.1, 0.15) is 51.0 Å². The molecule has 1 aromatic rings. The maximum absolute atomic E-state index is 5.60. The molecule has 0 spiro atoms. The minimum absolute atomic E-state index is 0. The summed E-state index contributed by atoms with van der Waals surface area (Å²) in [6, 6.07) is 6.41. The van der Waals surface area contributed by atoms with Crippen LogP contribution in [-0.4, -0.2) is 65.0 Å². The number of halogens is 1. The Hall–Kier alpha value is -1.22. The minimum atomic E-state index is 0. The van der Waals surface area contributed by atoms with E-state index in [2.05, 4.69) is 29.3 Å². The second kappa shape index (κ2) is 12.7. The second-order valence-electron chi connectivity index (χ2n) is 8.64. The van der Waals surface area contributed by atoms with Crippen LogP contribution in [0, 0.1) is 5.92 Å². The molecule has 31 heavy (non-hydrogen) atoms. The summed E-state index contributed by atoms with van der Waals surface area (Å²) >= 11 is 0. The number of hydrogen-bond donors (Lipinski definition) is 1. The summed E-state index contributed by atoms with van der Waals surface area (Å²) in [7, 11) is 5.19. The number of nitrogens with zero attached hydrogens (tertiary/aromatic N) is 2. The van der Waals surface area contributed by atoms with Crippen LogP contribution in [0.5, 0.6) is 11.5 Å². The topological polar surface area (TPSA) is 55.3 Å². The molecule has 0 radical (unpaired) electrons. The van der Waals surface area contributed by atoms with E-state index in [4.69, 9.17) is 19.2 Å². The molecule has 3 rings (SSSR count). The zero-order chi connectivity index (χ0) is 21.4. The maximum atomic E-state index is 5.60. The summed E-state index contributed by atoms with van der Waals surface area (Å²) in [5.74, 6) is 3.22. The molecule has 6 nitrogen and oxygen atoms in total. The number of nitrogens with one attached hydrogen (secondary N) is 1. The average Bonchev–Trinajstić information content (AvgIpc) is 3.25. The van der Waals surface area contributed by atoms with Crippen molar-refractivity contribution in [2.24, 2.45) is 10.9 Å². The fourth-order valence-corrected chi connectivity index (χ4v) is 4.98. The number of rotatable bonds is 8. The third-order valence-electron chi connectivity index (χ3n) is 6.66. The van der Waals surface area contributed by atoms with Crippen molar-refractivity contribution in [1.29, 1.82) is 0 Å². The van der Waals surface area contributed by atoms with E-state index < -0.39 is 0 Å². The number of aliphatic imine (C=N–C) groups is 1. The van der Waals surface area contributed by atoms with E-state index in [0.717, 1.165) is 63.1 Å². The van der Waals surface area contributed by atoms with Crippen LogP contribution >= 0.6 is 24.0 Å². The van der Waals surface area contributed by atoms with E-state index >= 15 is 0 Å². The lowest BCUT2D eigenvalue weighted by Gasteiger charge is -2.37. The number of benzene rings is 1. The van der Waals surface area contributed by atoms with Crippen molar-refractivity contribution in [3.63, 3.8) is 0 Å². The summed E-state index contributed by atoms with van der Waals surface area (Å²) in [5, 5.41) is 3.53. The fraction of sp³-hybridized carbons (Fsp3) is 0.708. The predicted octanol–water partition coefficient (Wildman–Crippen LogP) is 4.46. The van der Waals surface area contributed by atoms with Crippen molar-refractivity contribution < 1.29 is 14.2 Å². The van der Waals surface area contributed by atoms with Crippen molar-refractivity contribution in [1.82, 2.24) is 10.2 Å². The van der Waals surface area contributed by atoms with Crippen molar-refractivity contribution in [3.05, 3.63) is 23.8 Å². The smallest absolute Gasteiger partial charge is 0.193 e. The Balaban J connectivity index is 0.00000341. The first kappa shape index (κ1) is 26.0. The van der Waals surface area contributed by atoms with Gasteiger partial charge in [0.05, 0.1) is 27.4 Å². The largest absolute Gasteiger partial charge is 0.493 e. The Kier molecular flexibility index (Phi) is 10.7. The number of guanidine groups is 1. The molecule has 2 aliphatic rings. The van der Waals surface area contributed by atoms with Gasteiger partial charge in [0.1, 0.15) is 0 Å². The van der Waals surface area contributed by atoms with Crippen molar-refractivity contribution in [3.8, 4) is 11.5 Å². The van der Waals surface area contributed by atoms with E-state index in [0.29, 0.717) is 5.92 Å². The van der Waals surface area contributed by atoms with Gasteiger partial charge in [0.15, 0.2) is 17.5 Å². The van der Waals surface area contributed by atoms with Crippen molar-refractivity contribution >= 4 is 29.9 Å². The third kappa shape index (κ3) is 6.40. The van der Waals surface area contributed by atoms with Gasteiger partial charge in [-0.3, -0.25) is 4.99 Å². The van der Waals surface area contributed by atoms with Crippen LogP contribution < -0.4 is 14.8 Å². The molecule has 0 amide bonds. The summed E-state index contributed by atoms with van der Waals surface area (Å²) in [4.78, 5) is 7.58. The molecule has 7 heteroatoms. The normalized spacial score (nSPS) is 20.8. The zero-order valence-corrected chi connectivity index (χ0v) is 21.9. The lowest BCUT2D eigenvalue weighted by molar-refractivity contribution is 0.157. The monoisotopic (exact) mass is 545 g/mol. The molecule has 0 bridgehead atoms. The third-order valence-corrected chi connectivity index (χ3v) is 6.66. The molecule has 1 unspecified atom stereocenters. The minimum Gasteiger partial charge on any atom is -0.493 e. The summed E-state index contributed by atoms with van der Waals surface area (Å²) < 4.78 is 16.4. The van der Waals surface area contributed by atoms with Crippen LogP contribution in [0.3, 0.4) is 0 Å². The quantitative estimate of drug-likeness (QED) is 0.297. The number of hydrogen-bond acceptors (Lipinski definition) is 4. The van der Waals surface area contributed by atoms with Crippen LogP contribution in [0.4, 0.5) is 0 Å². The highest BCUT2D eigenvalue weighted by Crippen LogP contribution is 2.42. The fourth-order valence-electron chi connectivity index (χ4n) is 4.98. The van der Waals surface area contributed by atoms with Crippen LogP contribution in [-0.2, 0) is 10.2 Å². The van der Waals surface area contributed by atoms with Gasteiger partial charge in [-0.15, -0.1) is 24.0 Å². The SMILES string of the molecule is CCNC(=NCC1(c2ccc(OC)c(OC)c2)CCCCC1)N1CCC(COC)C1.I. The van der Waals surface area contributed by atoms with Gasteiger partial charge in [0, 0.05) is 38.1 Å². The van der Waals surface area contributed by atoms with E-state index in [1.807, 2.05) is 6.07 Å². The molecule has 1 aliphatic carbocycles. The summed E-state index contributed by atoms with van der Waals surface area (Å²) in [6.07, 6.45) is 7.30. The van der Waals surface area contributed by atoms with Gasteiger partial charge in [-0.25, -0.2) is 0 Å². The number of methoxy groups -OCH3 is 3. The van der Waals surface area contributed by atoms with Gasteiger partial charge >= 0.3 is 0 Å². The van der Waals surface area contributed by atoms with Gasteiger partial charge in [0.2, 0.25) is 0 Å². The molecule has 1 aliphatic heterocycles. The molecular formula is C24H40IN3O3. The Morgan fingerprint density at radius 3 is 2.52 bits per heavy atom. The Labute approximate surface area is 205 Å². The highest BCUT2D eigenvalue weighted by molar-refractivity contribution is 14.0. The van der Waals surface area contributed by atoms with Crippen molar-refractivity contribution in [2.75, 3.05) is 54.1 Å². The lowest BCUT2D eigenvalue weighted by atomic mass is 9.69. The van der Waals surface area contributed by atoms with Crippen molar-refractivity contribution in [2.45, 2.75) is 50.9 Å². The van der Waals surface area contributed by atoms with Gasteiger partial charge in [-0.05, 0) is 43.9 Å². The molecule has 1 saturated carbocycles. The first-order valence-electron chi connectivity index (χ1n) is 11.4. The van der Waals surface area contributed by atoms with Gasteiger partial charge < -0.3 is 24.4 Å². The van der Waals surface area contributed by atoms with Gasteiger partial charge in [0.25, 0.3) is 0 Å². The van der Waals surface area contributed by atoms with Crippen LogP contribution in [0.15, 0.2) is 23.2 Å². The van der Waals surface area contributed by atoms with Crippen LogP contribution in [0.2, 0.25) is 0 Å². The van der Waals surface area contributed by atoms with E-state index in [1.54, 1.807) is 21.3 Å². The first-order chi connectivity index (χ1) is 14.7. The summed E-state index contributed by atoms with van der Waals surface area (Å²) in [5.41, 5.74) is 1.38. The molecule has 1 atom stereocenters. The average molecular weight is 546 g/mol. The zero-order valence-electron chi connectivity index (χ0n) is 19.6. The van der Waals surface area contributed by atoms with E-state index in [9.17, 15) is 0 Å². The van der Waals surface area contributed by atoms with Gasteiger partial charge in [-0.1, -0.05) is 25.3 Å². The van der Waals surface area contributed by atoms with Gasteiger partial charge in [-0.2, -0.15) is 0 Å². The van der Waals surface area contributed by atoms with E-state index in [1.165, 1.54) is 31.2 Å². The Morgan fingerprint density at radius 1 is 1.13 bits per heavy atom. The molecule has 176 valence electrons. The highest BCUT2D eigenvalue weighted by atomic mass is 127. The van der Waals surface area contributed by atoms with E-state index in [-0.39, 0.29) is 29.4 Å². The molecule has 1 N–H and O–H groups in total. The molecule has 1 heterocycles. The molecular weight excluding hydrogens is 505 g/mol. The Morgan fingerprint density at radius 2 is 1.87 bits per heavy atom. The standard InChI is InChI=1S/C24H39N3O3.HI/c1-5-25-23(27-14-11-19(16-27)17-28-2)26-18-24(12-7-6-8-13-24)20-9-10-21(29-3)22(15-20)30-4;/h9-10,15,19H,5-8,11-14,16-18H2,1-4H3,(H,25,26);1H. The lowest BCUT2D eigenvalue weighted by Crippen LogP contribution is -2.42.